The molecule has 1 unspecified atom stereocenters. The van der Waals surface area contributed by atoms with E-state index in [-0.39, 0.29) is 6.10 Å². The zero-order valence-corrected chi connectivity index (χ0v) is 9.42. The standard InChI is InChI=1S/C10H10Cl2N2O/c11-7-2-1-3-8(12)10(7)9-4-6(5-13)15-14-9/h1-3,6H,4-5,13H2. The third-order valence-corrected chi connectivity index (χ3v) is 2.88. The number of halogens is 2. The summed E-state index contributed by atoms with van der Waals surface area (Å²) in [6.07, 6.45) is 0.590. The largest absolute Gasteiger partial charge is 0.390 e. The topological polar surface area (TPSA) is 47.6 Å². The van der Waals surface area contributed by atoms with Crippen LogP contribution in [0.25, 0.3) is 0 Å². The molecule has 1 aromatic carbocycles. The minimum Gasteiger partial charge on any atom is -0.390 e. The third kappa shape index (κ3) is 2.09. The Kier molecular flexibility index (Phi) is 3.14. The van der Waals surface area contributed by atoms with Crippen LogP contribution in [0.5, 0.6) is 0 Å². The molecule has 3 nitrogen and oxygen atoms in total. The van der Waals surface area contributed by atoms with E-state index in [0.717, 1.165) is 11.3 Å². The van der Waals surface area contributed by atoms with Gasteiger partial charge in [0.2, 0.25) is 0 Å². The van der Waals surface area contributed by atoms with E-state index in [1.165, 1.54) is 0 Å². The molecular formula is C10H10Cl2N2O. The van der Waals surface area contributed by atoms with E-state index in [9.17, 15) is 0 Å². The Balaban J connectivity index is 2.31. The molecule has 2 N–H and O–H groups in total. The van der Waals surface area contributed by atoms with Crippen LogP contribution in [0.15, 0.2) is 23.4 Å². The number of benzene rings is 1. The van der Waals surface area contributed by atoms with Crippen LogP contribution in [0.4, 0.5) is 0 Å². The highest BCUT2D eigenvalue weighted by atomic mass is 35.5. The fourth-order valence-electron chi connectivity index (χ4n) is 1.48. The molecule has 1 aliphatic rings. The van der Waals surface area contributed by atoms with Gasteiger partial charge < -0.3 is 10.6 Å². The van der Waals surface area contributed by atoms with Gasteiger partial charge in [0, 0.05) is 18.5 Å². The summed E-state index contributed by atoms with van der Waals surface area (Å²) < 4.78 is 0. The number of hydrogen-bond donors (Lipinski definition) is 1. The van der Waals surface area contributed by atoms with Gasteiger partial charge in [-0.3, -0.25) is 0 Å². The molecule has 0 amide bonds. The molecule has 80 valence electrons. The Bertz CT molecular complexity index is 386. The summed E-state index contributed by atoms with van der Waals surface area (Å²) in [5, 5.41) is 5.12. The van der Waals surface area contributed by atoms with Crippen molar-refractivity contribution in [3.05, 3.63) is 33.8 Å². The molecule has 0 aromatic heterocycles. The summed E-state index contributed by atoms with van der Waals surface area (Å²) >= 11 is 12.1. The number of oxime groups is 1. The van der Waals surface area contributed by atoms with Crippen LogP contribution >= 0.6 is 23.2 Å². The monoisotopic (exact) mass is 244 g/mol. The first-order chi connectivity index (χ1) is 7.22. The number of nitrogens with zero attached hydrogens (tertiary/aromatic N) is 1. The molecule has 1 heterocycles. The SMILES string of the molecule is NCC1CC(c2c(Cl)cccc2Cl)=NO1. The van der Waals surface area contributed by atoms with E-state index < -0.39 is 0 Å². The van der Waals surface area contributed by atoms with Crippen molar-refractivity contribution in [2.24, 2.45) is 10.9 Å². The second-order valence-electron chi connectivity index (χ2n) is 3.30. The molecule has 0 spiro atoms. The van der Waals surface area contributed by atoms with Crippen LogP contribution in [-0.2, 0) is 4.84 Å². The predicted octanol–water partition coefficient (Wildman–Crippen LogP) is 2.45. The Morgan fingerprint density at radius 1 is 1.40 bits per heavy atom. The van der Waals surface area contributed by atoms with Gasteiger partial charge in [-0.1, -0.05) is 34.4 Å². The minimum atomic E-state index is -0.0626. The molecule has 0 fully saturated rings. The van der Waals surface area contributed by atoms with Crippen LogP contribution in [0.3, 0.4) is 0 Å². The lowest BCUT2D eigenvalue weighted by atomic mass is 10.1. The maximum absolute atomic E-state index is 6.05. The first-order valence-corrected chi connectivity index (χ1v) is 5.35. The summed E-state index contributed by atoms with van der Waals surface area (Å²) in [5.41, 5.74) is 7.00. The normalized spacial score (nSPS) is 19.9. The van der Waals surface area contributed by atoms with E-state index >= 15 is 0 Å². The van der Waals surface area contributed by atoms with E-state index in [2.05, 4.69) is 5.16 Å². The third-order valence-electron chi connectivity index (χ3n) is 2.25. The highest BCUT2D eigenvalue weighted by Gasteiger charge is 2.23. The zero-order chi connectivity index (χ0) is 10.8. The average molecular weight is 245 g/mol. The second-order valence-corrected chi connectivity index (χ2v) is 4.12. The second kappa shape index (κ2) is 4.39. The Hall–Kier alpha value is -0.770. The summed E-state index contributed by atoms with van der Waals surface area (Å²) in [4.78, 5) is 5.12. The van der Waals surface area contributed by atoms with Gasteiger partial charge in [-0.25, -0.2) is 0 Å². The van der Waals surface area contributed by atoms with Crippen molar-refractivity contribution < 1.29 is 4.84 Å². The smallest absolute Gasteiger partial charge is 0.145 e. The maximum Gasteiger partial charge on any atom is 0.145 e. The minimum absolute atomic E-state index is 0.0626. The predicted molar refractivity (Wildman–Crippen MR) is 61.5 cm³/mol. The molecule has 15 heavy (non-hydrogen) atoms. The number of nitrogens with two attached hydrogens (primary N) is 1. The van der Waals surface area contributed by atoms with Crippen LogP contribution < -0.4 is 5.73 Å². The molecule has 2 rings (SSSR count). The lowest BCUT2D eigenvalue weighted by Crippen LogP contribution is -2.20. The molecule has 0 radical (unpaired) electrons. The highest BCUT2D eigenvalue weighted by molar-refractivity contribution is 6.40. The van der Waals surface area contributed by atoms with Gasteiger partial charge in [-0.15, -0.1) is 0 Å². The Morgan fingerprint density at radius 2 is 2.07 bits per heavy atom. The summed E-state index contributed by atoms with van der Waals surface area (Å²) in [5.74, 6) is 0. The molecule has 1 aromatic rings. The van der Waals surface area contributed by atoms with Crippen LogP contribution in [0.1, 0.15) is 12.0 Å². The molecular weight excluding hydrogens is 235 g/mol. The lowest BCUT2D eigenvalue weighted by molar-refractivity contribution is 0.0918. The Labute approximate surface area is 97.8 Å². The highest BCUT2D eigenvalue weighted by Crippen LogP contribution is 2.28. The lowest BCUT2D eigenvalue weighted by Gasteiger charge is -2.05. The van der Waals surface area contributed by atoms with Gasteiger partial charge >= 0.3 is 0 Å². The van der Waals surface area contributed by atoms with E-state index in [4.69, 9.17) is 33.8 Å². The summed E-state index contributed by atoms with van der Waals surface area (Å²) in [6, 6.07) is 5.35. The average Bonchev–Trinajstić information content (AvgIpc) is 2.66. The molecule has 1 atom stereocenters. The van der Waals surface area contributed by atoms with Crippen molar-refractivity contribution in [1.82, 2.24) is 0 Å². The molecule has 0 bridgehead atoms. The Morgan fingerprint density at radius 3 is 2.60 bits per heavy atom. The van der Waals surface area contributed by atoms with Crippen LogP contribution in [0, 0.1) is 0 Å². The summed E-state index contributed by atoms with van der Waals surface area (Å²) in [7, 11) is 0. The molecule has 1 aliphatic heterocycles. The van der Waals surface area contributed by atoms with Gasteiger partial charge in [0.1, 0.15) is 6.10 Å². The van der Waals surface area contributed by atoms with Crippen LogP contribution in [-0.4, -0.2) is 18.4 Å². The van der Waals surface area contributed by atoms with Gasteiger partial charge in [0.15, 0.2) is 0 Å². The number of hydrogen-bond acceptors (Lipinski definition) is 3. The van der Waals surface area contributed by atoms with Crippen molar-refractivity contribution in [2.45, 2.75) is 12.5 Å². The van der Waals surface area contributed by atoms with Crippen molar-refractivity contribution in [3.8, 4) is 0 Å². The van der Waals surface area contributed by atoms with E-state index in [1.807, 2.05) is 0 Å². The molecule has 0 aliphatic carbocycles. The van der Waals surface area contributed by atoms with Gasteiger partial charge in [-0.2, -0.15) is 0 Å². The quantitative estimate of drug-likeness (QED) is 0.869. The molecule has 0 saturated heterocycles. The number of rotatable bonds is 2. The van der Waals surface area contributed by atoms with Gasteiger partial charge in [0.05, 0.1) is 15.8 Å². The molecule has 5 heteroatoms. The van der Waals surface area contributed by atoms with Crippen molar-refractivity contribution in [1.29, 1.82) is 0 Å². The van der Waals surface area contributed by atoms with Crippen molar-refractivity contribution >= 4 is 28.9 Å². The van der Waals surface area contributed by atoms with Crippen molar-refractivity contribution in [2.75, 3.05) is 6.54 Å². The van der Waals surface area contributed by atoms with Crippen molar-refractivity contribution in [3.63, 3.8) is 0 Å². The first kappa shape index (κ1) is 10.7. The fraction of sp³-hybridized carbons (Fsp3) is 0.300. The van der Waals surface area contributed by atoms with Gasteiger partial charge in [-0.05, 0) is 12.1 Å². The maximum atomic E-state index is 6.05. The van der Waals surface area contributed by atoms with E-state index in [0.29, 0.717) is 23.0 Å². The fourth-order valence-corrected chi connectivity index (χ4v) is 2.09. The summed E-state index contributed by atoms with van der Waals surface area (Å²) in [6.45, 7) is 0.440. The first-order valence-electron chi connectivity index (χ1n) is 4.59. The molecule has 0 saturated carbocycles. The van der Waals surface area contributed by atoms with E-state index in [1.54, 1.807) is 18.2 Å². The van der Waals surface area contributed by atoms with Crippen LogP contribution in [0.2, 0.25) is 10.0 Å². The van der Waals surface area contributed by atoms with Gasteiger partial charge in [0.25, 0.3) is 0 Å². The zero-order valence-electron chi connectivity index (χ0n) is 7.91.